The predicted molar refractivity (Wildman–Crippen MR) is 92.2 cm³/mol. The molecule has 0 radical (unpaired) electrons. The second kappa shape index (κ2) is 7.36. The van der Waals surface area contributed by atoms with Crippen LogP contribution in [0.15, 0.2) is 60.0 Å². The number of nitrogens with zero attached hydrogens (tertiary/aromatic N) is 1. The largest absolute Gasteiger partial charge is 0.457 e. The van der Waals surface area contributed by atoms with Gasteiger partial charge in [-0.05, 0) is 24.6 Å². The molecule has 0 amide bonds. The van der Waals surface area contributed by atoms with Crippen molar-refractivity contribution in [1.29, 1.82) is 0 Å². The Morgan fingerprint density at radius 3 is 2.75 bits per heavy atom. The number of hydrogen-bond acceptors (Lipinski definition) is 4. The number of aromatic nitrogens is 1. The molecule has 0 bridgehead atoms. The van der Waals surface area contributed by atoms with E-state index in [4.69, 9.17) is 4.74 Å². The summed E-state index contributed by atoms with van der Waals surface area (Å²) in [5.74, 6) is -0.636. The van der Waals surface area contributed by atoms with E-state index >= 15 is 0 Å². The van der Waals surface area contributed by atoms with Crippen molar-refractivity contribution in [2.45, 2.75) is 19.4 Å². The highest BCUT2D eigenvalue weighted by molar-refractivity contribution is 7.13. The fourth-order valence-electron chi connectivity index (χ4n) is 2.32. The fourth-order valence-corrected chi connectivity index (χ4v) is 3.14. The number of esters is 1. The minimum absolute atomic E-state index is 0.100. The van der Waals surface area contributed by atoms with Gasteiger partial charge in [0.1, 0.15) is 16.9 Å². The molecule has 24 heavy (non-hydrogen) atoms. The molecule has 3 aromatic rings. The molecule has 5 heteroatoms. The summed E-state index contributed by atoms with van der Waals surface area (Å²) < 4.78 is 18.7. The molecule has 0 saturated heterocycles. The number of benzene rings is 2. The van der Waals surface area contributed by atoms with Crippen molar-refractivity contribution >= 4 is 17.3 Å². The van der Waals surface area contributed by atoms with E-state index < -0.39 is 0 Å². The second-order valence-electron chi connectivity index (χ2n) is 5.37. The average Bonchev–Trinajstić information content (AvgIpc) is 3.04. The van der Waals surface area contributed by atoms with Gasteiger partial charge in [-0.2, -0.15) is 0 Å². The van der Waals surface area contributed by atoms with Gasteiger partial charge < -0.3 is 4.74 Å². The molecule has 0 fully saturated rings. The molecule has 0 saturated carbocycles. The van der Waals surface area contributed by atoms with Gasteiger partial charge in [0.05, 0.1) is 12.1 Å². The Labute approximate surface area is 143 Å². The third-order valence-electron chi connectivity index (χ3n) is 3.53. The van der Waals surface area contributed by atoms with Gasteiger partial charge in [0.15, 0.2) is 0 Å². The summed E-state index contributed by atoms with van der Waals surface area (Å²) in [6, 6.07) is 15.8. The quantitative estimate of drug-likeness (QED) is 0.626. The maximum atomic E-state index is 13.3. The van der Waals surface area contributed by atoms with E-state index in [1.54, 1.807) is 17.5 Å². The zero-order valence-corrected chi connectivity index (χ0v) is 13.9. The molecule has 1 unspecified atom stereocenters. The van der Waals surface area contributed by atoms with Gasteiger partial charge in [0.25, 0.3) is 0 Å². The normalized spacial score (nSPS) is 11.9. The molecule has 3 rings (SSSR count). The van der Waals surface area contributed by atoms with Crippen LogP contribution in [0.2, 0.25) is 0 Å². The molecule has 1 aromatic heterocycles. The van der Waals surface area contributed by atoms with E-state index in [1.165, 1.54) is 23.5 Å². The van der Waals surface area contributed by atoms with Crippen LogP contribution in [0.25, 0.3) is 10.6 Å². The molecule has 0 aliphatic heterocycles. The molecular formula is C19H16FNO2S. The third kappa shape index (κ3) is 4.06. The van der Waals surface area contributed by atoms with Gasteiger partial charge in [-0.3, -0.25) is 4.79 Å². The number of ether oxygens (including phenoxy) is 1. The van der Waals surface area contributed by atoms with Crippen LogP contribution in [0.3, 0.4) is 0 Å². The Kier molecular flexibility index (Phi) is 5.01. The van der Waals surface area contributed by atoms with Crippen LogP contribution in [0.5, 0.6) is 0 Å². The Hall–Kier alpha value is -2.53. The van der Waals surface area contributed by atoms with Crippen LogP contribution >= 0.6 is 11.3 Å². The second-order valence-corrected chi connectivity index (χ2v) is 6.23. The Morgan fingerprint density at radius 2 is 2.00 bits per heavy atom. The average molecular weight is 341 g/mol. The summed E-state index contributed by atoms with van der Waals surface area (Å²) in [5, 5.41) is 2.49. The number of carbonyl (C=O) groups is 1. The lowest BCUT2D eigenvalue weighted by molar-refractivity contribution is -0.147. The van der Waals surface area contributed by atoms with Crippen LogP contribution in [0, 0.1) is 5.82 Å². The van der Waals surface area contributed by atoms with Crippen LogP contribution in [-0.4, -0.2) is 11.0 Å². The number of carbonyl (C=O) groups excluding carboxylic acids is 1. The standard InChI is InChI=1S/C19H16FNO2S/c1-13(14-6-3-2-4-7-14)23-18(22)11-17-12-24-19(21-17)15-8-5-9-16(20)10-15/h2-10,12-13H,11H2,1H3. The van der Waals surface area contributed by atoms with E-state index in [0.29, 0.717) is 16.3 Å². The smallest absolute Gasteiger partial charge is 0.312 e. The SMILES string of the molecule is CC(OC(=O)Cc1csc(-c2cccc(F)c2)n1)c1ccccc1. The Morgan fingerprint density at radius 1 is 1.21 bits per heavy atom. The van der Waals surface area contributed by atoms with Crippen molar-refractivity contribution in [1.82, 2.24) is 4.98 Å². The first-order valence-electron chi connectivity index (χ1n) is 7.56. The van der Waals surface area contributed by atoms with E-state index in [0.717, 1.165) is 5.56 Å². The van der Waals surface area contributed by atoms with Crippen molar-refractivity contribution in [3.05, 3.63) is 77.1 Å². The molecule has 2 aromatic carbocycles. The van der Waals surface area contributed by atoms with E-state index in [9.17, 15) is 9.18 Å². The number of thiazole rings is 1. The maximum absolute atomic E-state index is 13.3. The highest BCUT2D eigenvalue weighted by Crippen LogP contribution is 2.25. The predicted octanol–water partition coefficient (Wildman–Crippen LogP) is 4.80. The maximum Gasteiger partial charge on any atom is 0.312 e. The molecule has 0 spiro atoms. The minimum Gasteiger partial charge on any atom is -0.457 e. The summed E-state index contributed by atoms with van der Waals surface area (Å²) in [6.45, 7) is 1.84. The van der Waals surface area contributed by atoms with Gasteiger partial charge in [0, 0.05) is 10.9 Å². The third-order valence-corrected chi connectivity index (χ3v) is 4.47. The number of rotatable bonds is 5. The minimum atomic E-state index is -0.331. The van der Waals surface area contributed by atoms with Gasteiger partial charge >= 0.3 is 5.97 Å². The molecular weight excluding hydrogens is 325 g/mol. The highest BCUT2D eigenvalue weighted by atomic mass is 32.1. The molecule has 0 aliphatic rings. The van der Waals surface area contributed by atoms with Crippen LogP contribution < -0.4 is 0 Å². The van der Waals surface area contributed by atoms with E-state index in [2.05, 4.69) is 4.98 Å². The fraction of sp³-hybridized carbons (Fsp3) is 0.158. The van der Waals surface area contributed by atoms with Crippen LogP contribution in [0.4, 0.5) is 4.39 Å². The lowest BCUT2D eigenvalue weighted by Gasteiger charge is -2.12. The summed E-state index contributed by atoms with van der Waals surface area (Å²) in [6.07, 6.45) is -0.205. The summed E-state index contributed by atoms with van der Waals surface area (Å²) >= 11 is 1.38. The molecule has 1 atom stereocenters. The topological polar surface area (TPSA) is 39.2 Å². The van der Waals surface area contributed by atoms with Crippen molar-refractivity contribution in [2.24, 2.45) is 0 Å². The zero-order chi connectivity index (χ0) is 16.9. The monoisotopic (exact) mass is 341 g/mol. The number of hydrogen-bond donors (Lipinski definition) is 0. The molecule has 0 N–H and O–H groups in total. The summed E-state index contributed by atoms with van der Waals surface area (Å²) in [7, 11) is 0. The molecule has 122 valence electrons. The summed E-state index contributed by atoms with van der Waals surface area (Å²) in [4.78, 5) is 16.5. The van der Waals surface area contributed by atoms with Crippen molar-refractivity contribution in [2.75, 3.05) is 0 Å². The first kappa shape index (κ1) is 16.3. The van der Waals surface area contributed by atoms with Crippen LogP contribution in [-0.2, 0) is 16.0 Å². The lowest BCUT2D eigenvalue weighted by atomic mass is 10.1. The van der Waals surface area contributed by atoms with Crippen molar-refractivity contribution in [3.63, 3.8) is 0 Å². The van der Waals surface area contributed by atoms with Crippen LogP contribution in [0.1, 0.15) is 24.3 Å². The van der Waals surface area contributed by atoms with Gasteiger partial charge in [-0.25, -0.2) is 9.37 Å². The zero-order valence-electron chi connectivity index (χ0n) is 13.1. The van der Waals surface area contributed by atoms with Crippen molar-refractivity contribution in [3.8, 4) is 10.6 Å². The van der Waals surface area contributed by atoms with Crippen molar-refractivity contribution < 1.29 is 13.9 Å². The molecule has 1 heterocycles. The van der Waals surface area contributed by atoms with E-state index in [1.807, 2.05) is 37.3 Å². The summed E-state index contributed by atoms with van der Waals surface area (Å²) in [5.41, 5.74) is 2.28. The van der Waals surface area contributed by atoms with Gasteiger partial charge in [0.2, 0.25) is 0 Å². The Bertz CT molecular complexity index is 832. The first-order chi connectivity index (χ1) is 11.6. The van der Waals surface area contributed by atoms with Gasteiger partial charge in [-0.15, -0.1) is 11.3 Å². The molecule has 3 nitrogen and oxygen atoms in total. The lowest BCUT2D eigenvalue weighted by Crippen LogP contribution is -2.11. The highest BCUT2D eigenvalue weighted by Gasteiger charge is 2.14. The molecule has 0 aliphatic carbocycles. The van der Waals surface area contributed by atoms with E-state index in [-0.39, 0.29) is 24.3 Å². The first-order valence-corrected chi connectivity index (χ1v) is 8.44. The van der Waals surface area contributed by atoms with Gasteiger partial charge in [-0.1, -0.05) is 42.5 Å². The number of halogens is 1. The Balaban J connectivity index is 1.63.